The zero-order valence-corrected chi connectivity index (χ0v) is 87.1. The maximum Gasteiger partial charge on any atom is 0.408 e. The molecule has 0 spiro atoms. The van der Waals surface area contributed by atoms with Crippen molar-refractivity contribution in [3.63, 3.8) is 0 Å². The van der Waals surface area contributed by atoms with Gasteiger partial charge in [-0.2, -0.15) is 0 Å². The average molecular weight is 2030 g/mol. The fraction of sp³-hybridized carbons (Fsp3) is 0.622. The first kappa shape index (κ1) is 132. The summed E-state index contributed by atoms with van der Waals surface area (Å²) >= 11 is 0. The molecular formula is C98H156N12O33. The van der Waals surface area contributed by atoms with Crippen LogP contribution in [0.5, 0.6) is 17.2 Å². The van der Waals surface area contributed by atoms with Gasteiger partial charge in [0.2, 0.25) is 17.7 Å². The summed E-state index contributed by atoms with van der Waals surface area (Å²) in [5.74, 6) is -11.5. The predicted molar refractivity (Wildman–Crippen MR) is 522 cm³/mol. The molecule has 0 bridgehead atoms. The summed E-state index contributed by atoms with van der Waals surface area (Å²) in [4.78, 5) is 236. The minimum atomic E-state index is -1.18. The topological polar surface area (TPSA) is 705 Å². The van der Waals surface area contributed by atoms with Gasteiger partial charge in [-0.15, -0.1) is 5.06 Å². The van der Waals surface area contributed by atoms with Crippen LogP contribution in [0.1, 0.15) is 261 Å². The highest BCUT2D eigenvalue weighted by Gasteiger charge is 2.40. The lowest BCUT2D eigenvalue weighted by Gasteiger charge is -2.26. The molecule has 1 fully saturated rings. The van der Waals surface area contributed by atoms with Crippen LogP contribution in [-0.2, 0) is 113 Å². The number of amides is 12. The van der Waals surface area contributed by atoms with Crippen LogP contribution in [0.4, 0.5) is 24.9 Å². The molecule has 1 aliphatic heterocycles. The summed E-state index contributed by atoms with van der Waals surface area (Å²) in [5, 5.41) is 55.7. The lowest BCUT2D eigenvalue weighted by molar-refractivity contribution is -0.497. The molecule has 0 saturated carbocycles. The molecule has 1 aliphatic rings. The molecule has 1 saturated heterocycles. The van der Waals surface area contributed by atoms with Crippen molar-refractivity contribution in [2.24, 2.45) is 70.5 Å². The van der Waals surface area contributed by atoms with Crippen LogP contribution in [0.25, 0.3) is 0 Å². The number of quaternary nitrogens is 1. The maximum atomic E-state index is 13.4. The number of ether oxygens (including phenoxy) is 7. The van der Waals surface area contributed by atoms with E-state index >= 15 is 0 Å². The number of hydrogen-bond donors (Lipinski definition) is 14. The molecule has 0 radical (unpaired) electrons. The van der Waals surface area contributed by atoms with E-state index in [4.69, 9.17) is 65.6 Å². The normalized spacial score (nSPS) is 13.5. The molecule has 45 heteroatoms. The first-order valence-corrected chi connectivity index (χ1v) is 46.8. The highest BCUT2D eigenvalue weighted by atomic mass is 17.1. The molecular weight excluding hydrogens is 1870 g/mol. The Morgan fingerprint density at radius 3 is 1.00 bits per heavy atom. The van der Waals surface area contributed by atoms with Crippen molar-refractivity contribution in [2.45, 2.75) is 315 Å². The van der Waals surface area contributed by atoms with E-state index in [1.807, 2.05) is 27.7 Å². The van der Waals surface area contributed by atoms with E-state index in [2.05, 4.69) is 42.1 Å². The van der Waals surface area contributed by atoms with Gasteiger partial charge in [0.05, 0.1) is 61.4 Å². The van der Waals surface area contributed by atoms with Gasteiger partial charge in [-0.05, 0) is 219 Å². The number of benzene rings is 3. The highest BCUT2D eigenvalue weighted by molar-refractivity contribution is 6.02. The summed E-state index contributed by atoms with van der Waals surface area (Å²) in [6, 6.07) is 13.1. The third-order valence-electron chi connectivity index (χ3n) is 19.8. The Labute approximate surface area is 836 Å². The van der Waals surface area contributed by atoms with Crippen molar-refractivity contribution in [3.05, 3.63) is 89.1 Å². The number of Topliss-reactive ketones (excluding diaryl/α,β-unsaturated/α-hetero) is 2. The van der Waals surface area contributed by atoms with Gasteiger partial charge in [0.25, 0.3) is 11.8 Å². The second kappa shape index (κ2) is 64.4. The second-order valence-electron chi connectivity index (χ2n) is 40.2. The number of carbonyl (C=O) groups excluding carboxylic acids is 17. The second-order valence-corrected chi connectivity index (χ2v) is 40.2. The van der Waals surface area contributed by atoms with Gasteiger partial charge in [-0.3, -0.25) is 52.7 Å². The van der Waals surface area contributed by atoms with E-state index in [0.29, 0.717) is 52.4 Å². The van der Waals surface area contributed by atoms with Crippen molar-refractivity contribution >= 4 is 119 Å². The fourth-order valence-electron chi connectivity index (χ4n) is 12.7. The quantitative estimate of drug-likeness (QED) is 0.00368. The Kier molecular flexibility index (Phi) is 59.4. The number of ketones is 2. The third kappa shape index (κ3) is 60.7. The minimum Gasteiger partial charge on any atom is -0.630 e. The number of carboxylic acids is 2. The number of nitrogens with two attached hydrogens (primary N) is 4. The van der Waals surface area contributed by atoms with Crippen molar-refractivity contribution in [1.29, 1.82) is 0 Å². The molecule has 806 valence electrons. The fourth-order valence-corrected chi connectivity index (χ4v) is 12.7. The third-order valence-corrected chi connectivity index (χ3v) is 19.8. The van der Waals surface area contributed by atoms with Gasteiger partial charge in [0.15, 0.2) is 23.9 Å². The molecule has 0 unspecified atom stereocenters. The van der Waals surface area contributed by atoms with E-state index in [0.717, 1.165) is 0 Å². The number of nitrogens with zero attached hydrogens (tertiary/aromatic N) is 1. The molecule has 20 N–H and O–H groups in total. The number of hydroxylamine groups is 2. The van der Waals surface area contributed by atoms with Crippen LogP contribution in [0.2, 0.25) is 0 Å². The standard InChI is InChI=1S/C32H44N4O9.C24H37N3O7.C17H31N3O6.C15H23NO6.C10H19NO4.H2O/c1-20(2)25(18-28(38)45-32(3,4)5)30(40)35-26(7-6-16-34-31(33)41)27(37)17-21-8-12-23(13-9-21)43-19-29(39)44-24-14-10-22(36-42)11-15-24;1-15(2)18(14-21(29)33-24(3,4)5)22(30)27-19(7-6-12-26-23(25)31)20(28)13-16-8-10-17(34-32)11-9-16;1-10(2)11(9-13(21)26-17(3,4)5)14(22)20-12(15(23)24)7-6-8-19-16(18)25;1-9(2)10(8-13(19)21-15(3,4)5)14(20)22-16-11(17)6-7-12(16)18;1-6(2)7(8(12)13)11-9(14)15-10(3,4)5;/h8-15,20,25-26H,6-7,16-19,36H2,1-5H3,(H,35,40)(H3,33,34,41);8-11,15,18-19,32H,6-7,12-14H2,1-5H3,(H,27,30)(H3,25,26,31);10-12H,6-9H2,1-5H3,(H,20,22)(H,23,24)(H3,18,19,25);9-10H,6-8H2,1-5H3;6-7H,1-5H3,(H,11,14)(H,12,13);1H2/t25-,26-;18-,19-;11-,12-;10-;7-;/m00000./s1. The number of primary amides is 3. The lowest BCUT2D eigenvalue weighted by atomic mass is 9.90. The largest absolute Gasteiger partial charge is 0.630 e. The molecule has 12 amide bonds. The Hall–Kier alpha value is -13.2. The summed E-state index contributed by atoms with van der Waals surface area (Å²) in [5.41, 5.74) is 14.3. The van der Waals surface area contributed by atoms with Gasteiger partial charge in [-0.25, -0.2) is 43.6 Å². The van der Waals surface area contributed by atoms with E-state index in [1.54, 1.807) is 182 Å². The molecule has 0 aromatic heterocycles. The SMILES string of the molecule is CC(C)[C@H](CC(=O)OC(C)(C)C)C(=O)N[C@@H](CCCNC(N)=O)C(=O)Cc1ccc(OCC(=O)Oc2ccc([NH2+][O-])cc2)cc1.CC(C)[C@H](CC(=O)OC(C)(C)C)C(=O)N[C@@H](CCCNC(N)=O)C(=O)Cc1ccc(OO)cc1.CC(C)[C@H](CC(=O)OC(C)(C)C)C(=O)N[C@@H](CCCNC(N)=O)C(=O)O.CC(C)[C@H](CC(=O)OC(C)(C)C)C(=O)ON1C(=O)CCC1=O.CC(C)[C@H](NC(=O)OC(C)(C)C)C(=O)O.O. The van der Waals surface area contributed by atoms with Crippen LogP contribution < -0.4 is 74.3 Å². The van der Waals surface area contributed by atoms with Crippen LogP contribution in [0, 0.1) is 58.5 Å². The van der Waals surface area contributed by atoms with Crippen molar-refractivity contribution in [2.75, 3.05) is 26.2 Å². The summed E-state index contributed by atoms with van der Waals surface area (Å²) in [6.07, 6.45) is 0.626. The molecule has 45 nitrogen and oxygen atoms in total. The molecule has 1 heterocycles. The number of carboxylic acid groups (broad SMARTS) is 2. The van der Waals surface area contributed by atoms with Gasteiger partial charge >= 0.3 is 71.9 Å². The van der Waals surface area contributed by atoms with E-state index in [9.17, 15) is 101 Å². The lowest BCUT2D eigenvalue weighted by Crippen LogP contribution is -2.70. The number of urea groups is 3. The van der Waals surface area contributed by atoms with Gasteiger partial charge in [-0.1, -0.05) is 93.5 Å². The van der Waals surface area contributed by atoms with Crippen LogP contribution in [0.15, 0.2) is 72.8 Å². The number of hydrogen-bond acceptors (Lipinski definition) is 30. The molecule has 8 atom stereocenters. The number of aliphatic carboxylic acids is 2. The van der Waals surface area contributed by atoms with Gasteiger partial charge < -0.3 is 124 Å². The van der Waals surface area contributed by atoms with Gasteiger partial charge in [0.1, 0.15) is 57.3 Å². The smallest absolute Gasteiger partial charge is 0.408 e. The highest BCUT2D eigenvalue weighted by Crippen LogP contribution is 2.28. The van der Waals surface area contributed by atoms with Crippen molar-refractivity contribution in [3.8, 4) is 17.2 Å². The number of carbonyl (C=O) groups is 19. The summed E-state index contributed by atoms with van der Waals surface area (Å²) in [7, 11) is 0. The predicted octanol–water partition coefficient (Wildman–Crippen LogP) is 8.40. The van der Waals surface area contributed by atoms with E-state index in [1.165, 1.54) is 36.4 Å². The van der Waals surface area contributed by atoms with Crippen LogP contribution in [0.3, 0.4) is 0 Å². The Morgan fingerprint density at radius 2 is 0.713 bits per heavy atom. The number of nitrogens with one attached hydrogen (secondary N) is 7. The summed E-state index contributed by atoms with van der Waals surface area (Å²) < 4.78 is 36.8. The Bertz CT molecular complexity index is 4590. The number of rotatable bonds is 48. The molecule has 143 heavy (non-hydrogen) atoms. The number of esters is 5. The number of alkyl carbamates (subject to hydrolysis) is 1. The minimum absolute atomic E-state index is 0. The maximum absolute atomic E-state index is 13.4. The van der Waals surface area contributed by atoms with E-state index in [-0.39, 0.29) is 155 Å². The zero-order chi connectivity index (χ0) is 109. The Morgan fingerprint density at radius 1 is 0.406 bits per heavy atom. The molecule has 0 aliphatic carbocycles. The van der Waals surface area contributed by atoms with Gasteiger partial charge in [0, 0.05) is 57.5 Å². The molecule has 3 aromatic carbocycles. The monoisotopic (exact) mass is 2030 g/mol. The van der Waals surface area contributed by atoms with Crippen molar-refractivity contribution < 1.29 is 160 Å². The molecule has 4 rings (SSSR count). The van der Waals surface area contributed by atoms with E-state index < -0.39 is 177 Å². The van der Waals surface area contributed by atoms with Crippen molar-refractivity contribution in [1.82, 2.24) is 42.3 Å². The first-order valence-electron chi connectivity index (χ1n) is 46.8. The molecule has 3 aromatic rings. The first-order chi connectivity index (χ1) is 65.4. The zero-order valence-electron chi connectivity index (χ0n) is 87.1. The van der Waals surface area contributed by atoms with Crippen LogP contribution >= 0.6 is 0 Å². The summed E-state index contributed by atoms with van der Waals surface area (Å²) in [6.45, 7) is 44.2. The van der Waals surface area contributed by atoms with Crippen LogP contribution in [-0.4, -0.2) is 217 Å². The average Bonchev–Trinajstić information content (AvgIpc) is 1.77. The number of imide groups is 1. The Balaban J connectivity index is 0.